The molecular weight excluding hydrogens is 386 g/mol. The third kappa shape index (κ3) is 4.68. The Morgan fingerprint density at radius 1 is 1.17 bits per heavy atom. The number of aromatic nitrogens is 3. The Morgan fingerprint density at radius 2 is 1.87 bits per heavy atom. The van der Waals surface area contributed by atoms with Crippen molar-refractivity contribution in [1.82, 2.24) is 24.4 Å². The second-order valence-corrected chi connectivity index (χ2v) is 8.41. The molecule has 0 spiro atoms. The van der Waals surface area contributed by atoms with Gasteiger partial charge >= 0.3 is 5.97 Å². The summed E-state index contributed by atoms with van der Waals surface area (Å²) in [6, 6.07) is 7.03. The van der Waals surface area contributed by atoms with Crippen LogP contribution in [0.3, 0.4) is 0 Å². The number of esters is 1. The number of likely N-dealkylation sites (N-methyl/N-ethyl adjacent to an activating group) is 1. The van der Waals surface area contributed by atoms with Crippen LogP contribution in [0.5, 0.6) is 0 Å². The number of carbonyl (C=O) groups excluding carboxylic acids is 2. The Kier molecular flexibility index (Phi) is 5.93. The first-order valence-electron chi connectivity index (χ1n) is 9.71. The van der Waals surface area contributed by atoms with Gasteiger partial charge < -0.3 is 19.5 Å². The van der Waals surface area contributed by atoms with Crippen molar-refractivity contribution < 1.29 is 14.3 Å². The predicted octanol–water partition coefficient (Wildman–Crippen LogP) is 1.52. The van der Waals surface area contributed by atoms with E-state index in [0.717, 1.165) is 0 Å². The van der Waals surface area contributed by atoms with E-state index in [0.29, 0.717) is 29.6 Å². The first kappa shape index (κ1) is 21.5. The summed E-state index contributed by atoms with van der Waals surface area (Å²) in [4.78, 5) is 44.2. The fraction of sp³-hybridized carbons (Fsp3) is 0.429. The van der Waals surface area contributed by atoms with E-state index in [2.05, 4.69) is 10.1 Å². The molecule has 0 saturated heterocycles. The Bertz CT molecular complexity index is 1140. The average molecular weight is 413 g/mol. The molecule has 1 N–H and O–H groups in total. The van der Waals surface area contributed by atoms with E-state index < -0.39 is 17.5 Å². The summed E-state index contributed by atoms with van der Waals surface area (Å²) in [5.41, 5.74) is 0.159. The van der Waals surface area contributed by atoms with Crippen molar-refractivity contribution >= 4 is 28.4 Å². The van der Waals surface area contributed by atoms with Crippen molar-refractivity contribution in [3.05, 3.63) is 46.4 Å². The van der Waals surface area contributed by atoms with E-state index in [9.17, 15) is 14.4 Å². The number of ether oxygens (including phenoxy) is 1. The number of hydrogen-bond acceptors (Lipinski definition) is 6. The maximum absolute atomic E-state index is 13.3. The van der Waals surface area contributed by atoms with Gasteiger partial charge in [-0.15, -0.1) is 0 Å². The van der Waals surface area contributed by atoms with Crippen LogP contribution in [0, 0.1) is 0 Å². The minimum Gasteiger partial charge on any atom is -0.459 e. The van der Waals surface area contributed by atoms with Gasteiger partial charge in [-0.2, -0.15) is 5.10 Å². The zero-order valence-corrected chi connectivity index (χ0v) is 17.9. The van der Waals surface area contributed by atoms with Gasteiger partial charge in [-0.3, -0.25) is 14.4 Å². The molecule has 3 aromatic rings. The lowest BCUT2D eigenvalue weighted by Crippen LogP contribution is -2.42. The third-order valence-corrected chi connectivity index (χ3v) is 4.45. The normalized spacial score (nSPS) is 11.9. The summed E-state index contributed by atoms with van der Waals surface area (Å²) in [5, 5.41) is 4.77. The van der Waals surface area contributed by atoms with Crippen LogP contribution in [-0.4, -0.2) is 75.6 Å². The zero-order chi connectivity index (χ0) is 22.1. The molecule has 9 nitrogen and oxygen atoms in total. The number of nitrogens with one attached hydrogen (secondary N) is 1. The van der Waals surface area contributed by atoms with Crippen LogP contribution in [0.2, 0.25) is 0 Å². The molecule has 0 aliphatic rings. The molecule has 1 aromatic carbocycles. The van der Waals surface area contributed by atoms with Gasteiger partial charge in [-0.25, -0.2) is 4.52 Å². The highest BCUT2D eigenvalue weighted by Crippen LogP contribution is 2.16. The van der Waals surface area contributed by atoms with Crippen molar-refractivity contribution in [1.29, 1.82) is 0 Å². The summed E-state index contributed by atoms with van der Waals surface area (Å²) in [7, 11) is 3.77. The third-order valence-electron chi connectivity index (χ3n) is 4.45. The number of amides is 1. The van der Waals surface area contributed by atoms with Gasteiger partial charge in [0.05, 0.1) is 17.1 Å². The summed E-state index contributed by atoms with van der Waals surface area (Å²) in [6.45, 7) is 6.01. The van der Waals surface area contributed by atoms with Gasteiger partial charge in [0.1, 0.15) is 23.4 Å². The van der Waals surface area contributed by atoms with Crippen molar-refractivity contribution in [2.75, 3.05) is 33.7 Å². The summed E-state index contributed by atoms with van der Waals surface area (Å²) < 4.78 is 6.91. The topological polar surface area (TPSA) is 100 Å². The molecule has 0 atom stereocenters. The van der Waals surface area contributed by atoms with Crippen LogP contribution < -0.4 is 5.56 Å². The second-order valence-electron chi connectivity index (χ2n) is 8.41. The van der Waals surface area contributed by atoms with Crippen LogP contribution >= 0.6 is 0 Å². The predicted molar refractivity (Wildman–Crippen MR) is 114 cm³/mol. The summed E-state index contributed by atoms with van der Waals surface area (Å²) in [6.07, 6.45) is 1.41. The largest absolute Gasteiger partial charge is 0.459 e. The highest BCUT2D eigenvalue weighted by atomic mass is 16.6. The molecule has 0 aliphatic heterocycles. The average Bonchev–Trinajstić information content (AvgIpc) is 3.07. The number of aromatic amines is 1. The van der Waals surface area contributed by atoms with E-state index in [1.165, 1.54) is 15.6 Å². The number of nitrogens with zero attached hydrogens (tertiary/aromatic N) is 4. The fourth-order valence-corrected chi connectivity index (χ4v) is 3.11. The van der Waals surface area contributed by atoms with E-state index in [4.69, 9.17) is 4.74 Å². The van der Waals surface area contributed by atoms with E-state index in [-0.39, 0.29) is 17.7 Å². The van der Waals surface area contributed by atoms with Crippen molar-refractivity contribution in [2.24, 2.45) is 0 Å². The number of rotatable bonds is 6. The molecular formula is C21H27N5O4. The van der Waals surface area contributed by atoms with Crippen LogP contribution in [0.15, 0.2) is 35.3 Å². The quantitative estimate of drug-likeness (QED) is 0.615. The van der Waals surface area contributed by atoms with Crippen LogP contribution in [0.25, 0.3) is 16.6 Å². The Labute approximate surface area is 174 Å². The molecule has 30 heavy (non-hydrogen) atoms. The van der Waals surface area contributed by atoms with Crippen molar-refractivity contribution in [2.45, 2.75) is 26.4 Å². The SMILES string of the molecule is CN(C)CCN(CC(=O)OC(C)(C)C)C(=O)c1cnn2c1[nH]c(=O)c1ccccc12. The number of carbonyl (C=O) groups is 2. The maximum Gasteiger partial charge on any atom is 0.326 e. The summed E-state index contributed by atoms with van der Waals surface area (Å²) >= 11 is 0. The highest BCUT2D eigenvalue weighted by molar-refractivity contribution is 6.01. The number of hydrogen-bond donors (Lipinski definition) is 1. The van der Waals surface area contributed by atoms with Crippen LogP contribution in [-0.2, 0) is 9.53 Å². The molecule has 9 heteroatoms. The molecule has 2 aromatic heterocycles. The molecule has 2 heterocycles. The van der Waals surface area contributed by atoms with Gasteiger partial charge in [0, 0.05) is 13.1 Å². The number of fused-ring (bicyclic) bond motifs is 3. The first-order chi connectivity index (χ1) is 14.1. The van der Waals surface area contributed by atoms with Gasteiger partial charge in [0.2, 0.25) is 0 Å². The number of H-pyrrole nitrogens is 1. The molecule has 0 radical (unpaired) electrons. The number of para-hydroxylation sites is 1. The van der Waals surface area contributed by atoms with Crippen molar-refractivity contribution in [3.63, 3.8) is 0 Å². The zero-order valence-electron chi connectivity index (χ0n) is 17.9. The standard InChI is InChI=1S/C21H27N5O4/c1-21(2,3)30-17(27)13-25(11-10-24(4)5)20(29)15-12-22-26-16-9-7-6-8-14(16)19(28)23-18(15)26/h6-9,12H,10-11,13H2,1-5H3,(H,23,28). The smallest absolute Gasteiger partial charge is 0.326 e. The molecule has 0 unspecified atom stereocenters. The van der Waals surface area contributed by atoms with E-state index in [1.807, 2.05) is 19.0 Å². The second kappa shape index (κ2) is 8.27. The van der Waals surface area contributed by atoms with E-state index in [1.54, 1.807) is 45.0 Å². The molecule has 1 amide bonds. The van der Waals surface area contributed by atoms with Gasteiger partial charge in [-0.05, 0) is 47.0 Å². The van der Waals surface area contributed by atoms with Gasteiger partial charge in [0.15, 0.2) is 0 Å². The Morgan fingerprint density at radius 3 is 2.53 bits per heavy atom. The molecule has 0 fully saturated rings. The maximum atomic E-state index is 13.3. The van der Waals surface area contributed by atoms with Gasteiger partial charge in [-0.1, -0.05) is 12.1 Å². The lowest BCUT2D eigenvalue weighted by Gasteiger charge is -2.26. The Balaban J connectivity index is 1.98. The summed E-state index contributed by atoms with van der Waals surface area (Å²) in [5.74, 6) is -0.895. The molecule has 3 rings (SSSR count). The van der Waals surface area contributed by atoms with Gasteiger partial charge in [0.25, 0.3) is 11.5 Å². The molecule has 160 valence electrons. The minimum atomic E-state index is -0.651. The minimum absolute atomic E-state index is 0.195. The monoisotopic (exact) mass is 413 g/mol. The first-order valence-corrected chi connectivity index (χ1v) is 9.71. The van der Waals surface area contributed by atoms with Crippen LogP contribution in [0.1, 0.15) is 31.1 Å². The molecule has 0 aliphatic carbocycles. The fourth-order valence-electron chi connectivity index (χ4n) is 3.11. The number of benzene rings is 1. The lowest BCUT2D eigenvalue weighted by atomic mass is 10.2. The molecule has 0 saturated carbocycles. The van der Waals surface area contributed by atoms with Crippen molar-refractivity contribution in [3.8, 4) is 0 Å². The van der Waals surface area contributed by atoms with Crippen LogP contribution in [0.4, 0.5) is 0 Å². The molecule has 0 bridgehead atoms. The Hall–Kier alpha value is -3.20. The van der Waals surface area contributed by atoms with E-state index >= 15 is 0 Å². The highest BCUT2D eigenvalue weighted by Gasteiger charge is 2.26. The lowest BCUT2D eigenvalue weighted by molar-refractivity contribution is -0.155.